The van der Waals surface area contributed by atoms with Crippen LogP contribution < -0.4 is 0 Å². The van der Waals surface area contributed by atoms with Gasteiger partial charge >= 0.3 is 0 Å². The van der Waals surface area contributed by atoms with E-state index in [4.69, 9.17) is 0 Å². The van der Waals surface area contributed by atoms with Gasteiger partial charge in [-0.2, -0.15) is 9.81 Å². The number of nitrogens with zero attached hydrogens (tertiary/aromatic N) is 2. The fourth-order valence-corrected chi connectivity index (χ4v) is 3.96. The number of hydrogen-bond donors (Lipinski definition) is 0. The second-order valence-corrected chi connectivity index (χ2v) is 3.94. The molecule has 5 aliphatic rings. The van der Waals surface area contributed by atoms with Crippen LogP contribution in [0.5, 0.6) is 0 Å². The first-order valence-electron chi connectivity index (χ1n) is 3.55. The predicted molar refractivity (Wildman–Crippen MR) is 31.0 cm³/mol. The molecule has 5 aliphatic carbocycles. The normalized spacial score (nSPS) is 83.6. The molecule has 0 N–H and O–H groups in total. The molecule has 0 heterocycles. The van der Waals surface area contributed by atoms with Gasteiger partial charge in [0.1, 0.15) is 11.1 Å². The average Bonchev–Trinajstić information content (AvgIpc) is 2.39. The summed E-state index contributed by atoms with van der Waals surface area (Å²) in [5.74, 6) is 1.97. The lowest BCUT2D eigenvalue weighted by atomic mass is 9.84. The van der Waals surface area contributed by atoms with Crippen molar-refractivity contribution in [3.05, 3.63) is 9.81 Å². The smallest absolute Gasteiger partial charge is 0.139 e. The van der Waals surface area contributed by atoms with Crippen molar-refractivity contribution in [1.82, 2.24) is 0 Å². The van der Waals surface area contributed by atoms with Crippen molar-refractivity contribution in [3.8, 4) is 0 Å². The van der Waals surface area contributed by atoms with Gasteiger partial charge in [-0.15, -0.1) is 0 Å². The van der Waals surface area contributed by atoms with Crippen LogP contribution in [-0.4, -0.2) is 11.1 Å². The van der Waals surface area contributed by atoms with Gasteiger partial charge in [-0.1, -0.05) is 10.4 Å². The minimum atomic E-state index is -0.440. The molecule has 10 heavy (non-hydrogen) atoms. The first kappa shape index (κ1) is 4.16. The fraction of sp³-hybridized carbons (Fsp3) is 1.00. The fourth-order valence-electron chi connectivity index (χ4n) is 3.96. The number of rotatable bonds is 2. The van der Waals surface area contributed by atoms with Gasteiger partial charge in [-0.25, -0.2) is 0 Å². The highest BCUT2D eigenvalue weighted by Crippen LogP contribution is 3.06. The lowest BCUT2D eigenvalue weighted by molar-refractivity contribution is 0.292. The molecule has 0 spiro atoms. The van der Waals surface area contributed by atoms with Gasteiger partial charge in [0.05, 0.1) is 0 Å². The van der Waals surface area contributed by atoms with E-state index >= 15 is 0 Å². The summed E-state index contributed by atoms with van der Waals surface area (Å²) >= 11 is 0. The van der Waals surface area contributed by atoms with E-state index in [0.717, 1.165) is 0 Å². The summed E-state index contributed by atoms with van der Waals surface area (Å²) in [7, 11) is 0. The van der Waals surface area contributed by atoms with E-state index in [9.17, 15) is 9.81 Å². The largest absolute Gasteiger partial charge is 0.150 e. The molecular formula is C6H4N2O2. The van der Waals surface area contributed by atoms with Crippen molar-refractivity contribution >= 4 is 0 Å². The summed E-state index contributed by atoms with van der Waals surface area (Å²) in [5.41, 5.74) is -0.881. The first-order valence-corrected chi connectivity index (χ1v) is 3.55. The topological polar surface area (TPSA) is 58.9 Å². The maximum absolute atomic E-state index is 10.3. The van der Waals surface area contributed by atoms with E-state index < -0.39 is 11.1 Å². The van der Waals surface area contributed by atoms with Gasteiger partial charge in [0.15, 0.2) is 0 Å². The van der Waals surface area contributed by atoms with Crippen LogP contribution in [0.15, 0.2) is 10.4 Å². The van der Waals surface area contributed by atoms with E-state index in [1.807, 2.05) is 0 Å². The molecule has 4 nitrogen and oxygen atoms in total. The third kappa shape index (κ3) is 0.110. The van der Waals surface area contributed by atoms with Crippen LogP contribution in [0, 0.1) is 33.5 Å². The molecule has 0 unspecified atom stereocenters. The van der Waals surface area contributed by atoms with Crippen LogP contribution in [0.25, 0.3) is 0 Å². The Morgan fingerprint density at radius 2 is 1.10 bits per heavy atom. The van der Waals surface area contributed by atoms with Crippen molar-refractivity contribution in [3.63, 3.8) is 0 Å². The Hall–Kier alpha value is -0.800. The molecule has 0 aromatic carbocycles. The maximum Gasteiger partial charge on any atom is 0.139 e. The monoisotopic (exact) mass is 136 g/mol. The summed E-state index contributed by atoms with van der Waals surface area (Å²) in [6.07, 6.45) is 0. The molecule has 5 fully saturated rings. The lowest BCUT2D eigenvalue weighted by Gasteiger charge is -2.26. The number of nitroso groups, excluding NO2 is 2. The quantitative estimate of drug-likeness (QED) is 0.519. The Kier molecular flexibility index (Phi) is 0.278. The zero-order chi connectivity index (χ0) is 6.72. The average molecular weight is 136 g/mol. The minimum absolute atomic E-state index is 0.440. The van der Waals surface area contributed by atoms with Crippen LogP contribution in [0.4, 0.5) is 0 Å². The van der Waals surface area contributed by atoms with Crippen molar-refractivity contribution in [2.24, 2.45) is 34.0 Å². The standard InChI is InChI=1S/C6H4N2O2/c9-7-5-1-2(5)4-3(1)6(4,5)8-10/h1-4H. The highest BCUT2D eigenvalue weighted by Gasteiger charge is 3.18. The van der Waals surface area contributed by atoms with Gasteiger partial charge in [-0.05, 0) is 0 Å². The molecule has 5 saturated carbocycles. The summed E-state index contributed by atoms with van der Waals surface area (Å²) in [6.45, 7) is 0. The molecule has 4 heteroatoms. The SMILES string of the molecule is O=NC12C3C1C1C3C12N=O. The molecule has 0 amide bonds. The van der Waals surface area contributed by atoms with Crippen molar-refractivity contribution < 1.29 is 0 Å². The van der Waals surface area contributed by atoms with Crippen LogP contribution >= 0.6 is 0 Å². The minimum Gasteiger partial charge on any atom is -0.150 e. The molecule has 0 saturated heterocycles. The maximum atomic E-state index is 10.3. The van der Waals surface area contributed by atoms with E-state index in [2.05, 4.69) is 10.4 Å². The number of hydrogen-bond acceptors (Lipinski definition) is 4. The third-order valence-corrected chi connectivity index (χ3v) is 4.31. The van der Waals surface area contributed by atoms with Gasteiger partial charge in [-0.3, -0.25) is 0 Å². The molecule has 0 aromatic heterocycles. The molecule has 0 aliphatic heterocycles. The van der Waals surface area contributed by atoms with Crippen molar-refractivity contribution in [2.75, 3.05) is 0 Å². The van der Waals surface area contributed by atoms with Crippen molar-refractivity contribution in [1.29, 1.82) is 0 Å². The van der Waals surface area contributed by atoms with E-state index in [1.54, 1.807) is 0 Å². The Balaban J connectivity index is 1.97. The molecule has 0 aromatic rings. The highest BCUT2D eigenvalue weighted by molar-refractivity contribution is 5.68. The second kappa shape index (κ2) is 0.669. The Bertz CT molecular complexity index is 246. The van der Waals surface area contributed by atoms with Crippen LogP contribution in [-0.2, 0) is 0 Å². The summed E-state index contributed by atoms with van der Waals surface area (Å²) in [6, 6.07) is 0. The molecule has 5 rings (SSSR count). The van der Waals surface area contributed by atoms with E-state index in [0.29, 0.717) is 23.7 Å². The molecule has 0 atom stereocenters. The van der Waals surface area contributed by atoms with E-state index in [-0.39, 0.29) is 0 Å². The lowest BCUT2D eigenvalue weighted by Crippen LogP contribution is -2.44. The van der Waals surface area contributed by atoms with Crippen LogP contribution in [0.1, 0.15) is 0 Å². The van der Waals surface area contributed by atoms with Crippen LogP contribution in [0.3, 0.4) is 0 Å². The van der Waals surface area contributed by atoms with Gasteiger partial charge in [0.25, 0.3) is 0 Å². The Labute approximate surface area is 55.9 Å². The predicted octanol–water partition coefficient (Wildman–Crippen LogP) is 0.516. The second-order valence-electron chi connectivity index (χ2n) is 3.94. The zero-order valence-electron chi connectivity index (χ0n) is 5.02. The summed E-state index contributed by atoms with van der Waals surface area (Å²) < 4.78 is 0. The molecular weight excluding hydrogens is 132 g/mol. The zero-order valence-corrected chi connectivity index (χ0v) is 5.02. The van der Waals surface area contributed by atoms with Gasteiger partial charge in [0, 0.05) is 23.7 Å². The Morgan fingerprint density at radius 3 is 1.30 bits per heavy atom. The molecule has 0 bridgehead atoms. The van der Waals surface area contributed by atoms with Crippen LogP contribution in [0.2, 0.25) is 0 Å². The molecule has 0 radical (unpaired) electrons. The third-order valence-electron chi connectivity index (χ3n) is 4.31. The van der Waals surface area contributed by atoms with Crippen molar-refractivity contribution in [2.45, 2.75) is 11.1 Å². The Morgan fingerprint density at radius 1 is 0.800 bits per heavy atom. The molecule has 50 valence electrons. The summed E-state index contributed by atoms with van der Waals surface area (Å²) in [4.78, 5) is 20.6. The highest BCUT2D eigenvalue weighted by atomic mass is 16.3. The van der Waals surface area contributed by atoms with Gasteiger partial charge < -0.3 is 0 Å². The van der Waals surface area contributed by atoms with E-state index in [1.165, 1.54) is 0 Å². The first-order chi connectivity index (χ1) is 4.86. The van der Waals surface area contributed by atoms with Gasteiger partial charge in [0.2, 0.25) is 0 Å². The summed E-state index contributed by atoms with van der Waals surface area (Å²) in [5, 5.41) is 6.10.